The first-order valence-corrected chi connectivity index (χ1v) is 16.2. The largest absolute Gasteiger partial charge is 0.493 e. The van der Waals surface area contributed by atoms with Gasteiger partial charge in [0.2, 0.25) is 0 Å². The highest BCUT2D eigenvalue weighted by Crippen LogP contribution is 2.41. The van der Waals surface area contributed by atoms with Gasteiger partial charge < -0.3 is 19.4 Å². The molecule has 0 atom stereocenters. The highest BCUT2D eigenvalue weighted by molar-refractivity contribution is 9.08. The summed E-state index contributed by atoms with van der Waals surface area (Å²) in [5.41, 5.74) is 8.22. The van der Waals surface area contributed by atoms with Crippen LogP contribution in [0, 0.1) is 13.8 Å². The molecule has 0 saturated heterocycles. The van der Waals surface area contributed by atoms with Crippen molar-refractivity contribution in [1.82, 2.24) is 19.7 Å². The lowest BCUT2D eigenvalue weighted by molar-refractivity contribution is 0.0512. The van der Waals surface area contributed by atoms with Gasteiger partial charge in [-0.1, -0.05) is 64.5 Å². The molecule has 0 aliphatic heterocycles. The van der Waals surface area contributed by atoms with Crippen LogP contribution in [-0.2, 0) is 30.1 Å². The van der Waals surface area contributed by atoms with Crippen LogP contribution < -0.4 is 10.1 Å². The van der Waals surface area contributed by atoms with Crippen molar-refractivity contribution in [2.75, 3.05) is 26.8 Å². The van der Waals surface area contributed by atoms with E-state index in [1.807, 2.05) is 50.0 Å². The van der Waals surface area contributed by atoms with Crippen molar-refractivity contribution in [1.29, 1.82) is 0 Å². The Labute approximate surface area is 274 Å². The van der Waals surface area contributed by atoms with Gasteiger partial charge in [0.15, 0.2) is 0 Å². The van der Waals surface area contributed by atoms with E-state index in [0.717, 1.165) is 80.5 Å². The summed E-state index contributed by atoms with van der Waals surface area (Å²) in [6.45, 7) is 8.51. The van der Waals surface area contributed by atoms with Crippen LogP contribution in [0.1, 0.15) is 52.8 Å². The number of carbonyl (C=O) groups is 1. The molecule has 0 saturated carbocycles. The number of hydrogen-bond acceptors (Lipinski definition) is 5. The third kappa shape index (κ3) is 6.53. The molecule has 9 heteroatoms. The number of nitrogens with one attached hydrogen (secondary N) is 1. The number of hydrogen-bond donors (Lipinski definition) is 1. The van der Waals surface area contributed by atoms with Gasteiger partial charge in [-0.25, -0.2) is 4.79 Å². The Kier molecular flexibility index (Phi) is 11.5. The van der Waals surface area contributed by atoms with Gasteiger partial charge >= 0.3 is 5.97 Å². The number of alkyl halides is 1. The summed E-state index contributed by atoms with van der Waals surface area (Å²) < 4.78 is 16.1. The Bertz CT molecular complexity index is 1760. The number of aromatic nitrogens is 3. The monoisotopic (exact) mass is 680 g/mol. The van der Waals surface area contributed by atoms with Crippen LogP contribution >= 0.6 is 28.3 Å². The second-order valence-corrected chi connectivity index (χ2v) is 11.5. The minimum atomic E-state index is -0.277. The lowest BCUT2D eigenvalue weighted by Crippen LogP contribution is -2.17. The molecule has 3 aromatic carbocycles. The molecule has 0 bridgehead atoms. The van der Waals surface area contributed by atoms with Crippen molar-refractivity contribution < 1.29 is 14.3 Å². The molecule has 0 radical (unpaired) electrons. The van der Waals surface area contributed by atoms with E-state index in [0.29, 0.717) is 37.2 Å². The number of fused-ring (bicyclic) bond motifs is 2. The summed E-state index contributed by atoms with van der Waals surface area (Å²) in [6, 6.07) is 18.8. The number of carbonyl (C=O) groups excluding carboxylic acids is 1. The van der Waals surface area contributed by atoms with Gasteiger partial charge in [-0.15, -0.1) is 12.4 Å². The zero-order chi connectivity index (χ0) is 30.5. The van der Waals surface area contributed by atoms with Gasteiger partial charge in [0.25, 0.3) is 0 Å². The molecule has 2 aromatic heterocycles. The molecule has 44 heavy (non-hydrogen) atoms. The molecule has 0 amide bonds. The van der Waals surface area contributed by atoms with Crippen LogP contribution in [0.4, 0.5) is 0 Å². The third-order valence-corrected chi connectivity index (χ3v) is 8.71. The second kappa shape index (κ2) is 15.1. The Morgan fingerprint density at radius 2 is 1.77 bits per heavy atom. The molecule has 0 aliphatic rings. The average molecular weight is 682 g/mol. The topological polar surface area (TPSA) is 70.3 Å². The predicted octanol–water partition coefficient (Wildman–Crippen LogP) is 7.93. The van der Waals surface area contributed by atoms with E-state index in [2.05, 4.69) is 70.0 Å². The summed E-state index contributed by atoms with van der Waals surface area (Å²) in [5.74, 6) is 0.603. The van der Waals surface area contributed by atoms with Gasteiger partial charge in [0.05, 0.1) is 24.4 Å². The lowest BCUT2D eigenvalue weighted by atomic mass is 9.94. The quantitative estimate of drug-likeness (QED) is 0.0777. The van der Waals surface area contributed by atoms with Crippen LogP contribution in [0.25, 0.3) is 32.8 Å². The summed E-state index contributed by atoms with van der Waals surface area (Å²) in [5, 5.41) is 12.1. The number of rotatable bonds is 13. The maximum atomic E-state index is 13.7. The van der Waals surface area contributed by atoms with E-state index in [9.17, 15) is 4.79 Å². The minimum Gasteiger partial charge on any atom is -0.493 e. The summed E-state index contributed by atoms with van der Waals surface area (Å²) in [7, 11) is 3.94. The molecule has 5 rings (SSSR count). The molecular formula is C35H42BrClN4O3. The third-order valence-electron chi connectivity index (χ3n) is 8.18. The number of ether oxygens (including phenoxy) is 2. The molecule has 5 aromatic rings. The smallest absolute Gasteiger partial charge is 0.355 e. The lowest BCUT2D eigenvalue weighted by Gasteiger charge is -2.15. The zero-order valence-corrected chi connectivity index (χ0v) is 28.6. The number of halogens is 2. The molecule has 1 N–H and O–H groups in total. The van der Waals surface area contributed by atoms with Gasteiger partial charge in [0.1, 0.15) is 11.4 Å². The van der Waals surface area contributed by atoms with E-state index < -0.39 is 0 Å². The molecular weight excluding hydrogens is 640 g/mol. The number of esters is 1. The predicted molar refractivity (Wildman–Crippen MR) is 186 cm³/mol. The first-order valence-electron chi connectivity index (χ1n) is 15.1. The zero-order valence-electron chi connectivity index (χ0n) is 26.2. The molecule has 2 heterocycles. The van der Waals surface area contributed by atoms with Crippen LogP contribution in [0.5, 0.6) is 5.75 Å². The first-order chi connectivity index (χ1) is 20.9. The van der Waals surface area contributed by atoms with Crippen LogP contribution in [0.3, 0.4) is 0 Å². The standard InChI is InChI=1S/C35H41BrN4O3.ClH/c1-6-42-35(41)34-27(15-10-21-43-30-16-9-13-25-12-7-8-14-26(25)30)28-18-17-23(2)31(33(28)40(34)20-11-19-37-4)32-24(3)39(5)38-29(32)22-36;/h7-9,12-14,16-18,37H,6,10-11,15,19-22H2,1-5H3;1H. The Morgan fingerprint density at radius 1 is 1.00 bits per heavy atom. The SMILES string of the molecule is CCOC(=O)c1c(CCCOc2cccc3ccccc23)c2ccc(C)c(-c3c(CBr)nn(C)c3C)c2n1CCCNC.Cl. The van der Waals surface area contributed by atoms with Gasteiger partial charge in [-0.3, -0.25) is 4.68 Å². The van der Waals surface area contributed by atoms with E-state index in [1.54, 1.807) is 0 Å². The molecule has 0 unspecified atom stereocenters. The maximum Gasteiger partial charge on any atom is 0.355 e. The highest BCUT2D eigenvalue weighted by Gasteiger charge is 2.28. The van der Waals surface area contributed by atoms with Gasteiger partial charge in [-0.05, 0) is 76.2 Å². The molecule has 0 fully saturated rings. The Morgan fingerprint density at radius 3 is 2.52 bits per heavy atom. The van der Waals surface area contributed by atoms with Crippen molar-refractivity contribution in [2.24, 2.45) is 7.05 Å². The molecule has 0 aliphatic carbocycles. The minimum absolute atomic E-state index is 0. The van der Waals surface area contributed by atoms with Crippen LogP contribution in [-0.4, -0.2) is 47.1 Å². The average Bonchev–Trinajstić information content (AvgIpc) is 3.48. The van der Waals surface area contributed by atoms with Crippen molar-refractivity contribution >= 4 is 56.0 Å². The number of benzene rings is 3. The molecule has 234 valence electrons. The first kappa shape index (κ1) is 33.6. The van der Waals surface area contributed by atoms with E-state index in [4.69, 9.17) is 14.6 Å². The highest BCUT2D eigenvalue weighted by atomic mass is 79.9. The van der Waals surface area contributed by atoms with Crippen LogP contribution in [0.15, 0.2) is 54.6 Å². The van der Waals surface area contributed by atoms with Gasteiger partial charge in [-0.2, -0.15) is 5.10 Å². The summed E-state index contributed by atoms with van der Waals surface area (Å²) >= 11 is 3.67. The normalized spacial score (nSPS) is 11.2. The molecule has 7 nitrogen and oxygen atoms in total. The van der Waals surface area contributed by atoms with E-state index >= 15 is 0 Å². The maximum absolute atomic E-state index is 13.7. The van der Waals surface area contributed by atoms with Gasteiger partial charge in [0, 0.05) is 46.5 Å². The van der Waals surface area contributed by atoms with E-state index in [-0.39, 0.29) is 18.4 Å². The van der Waals surface area contributed by atoms with Crippen molar-refractivity contribution in [2.45, 2.75) is 51.9 Å². The summed E-state index contributed by atoms with van der Waals surface area (Å²) in [4.78, 5) is 13.7. The fourth-order valence-corrected chi connectivity index (χ4v) is 6.50. The summed E-state index contributed by atoms with van der Waals surface area (Å²) in [6.07, 6.45) is 2.32. The van der Waals surface area contributed by atoms with E-state index in [1.165, 1.54) is 0 Å². The Hall–Kier alpha value is -3.33. The number of nitrogens with zero attached hydrogens (tertiary/aromatic N) is 3. The fourth-order valence-electron chi connectivity index (χ4n) is 6.11. The second-order valence-electron chi connectivity index (χ2n) is 10.9. The number of aryl methyl sites for hydroxylation is 4. The van der Waals surface area contributed by atoms with Crippen molar-refractivity contribution in [3.05, 3.63) is 82.8 Å². The van der Waals surface area contributed by atoms with Crippen molar-refractivity contribution in [3.63, 3.8) is 0 Å². The fraction of sp³-hybridized carbons (Fsp3) is 0.371. The molecule has 0 spiro atoms. The van der Waals surface area contributed by atoms with Crippen LogP contribution in [0.2, 0.25) is 0 Å². The van der Waals surface area contributed by atoms with Crippen molar-refractivity contribution in [3.8, 4) is 16.9 Å². The Balaban J connectivity index is 0.00000442.